The molecule has 2 aromatic carbocycles. The first kappa shape index (κ1) is 13.7. The van der Waals surface area contributed by atoms with E-state index in [4.69, 9.17) is 23.2 Å². The summed E-state index contributed by atoms with van der Waals surface area (Å²) in [6.45, 7) is 0. The standard InChI is InChI=1S/C12H5Cl2F2NO2/c13-6-1-2-7(8(14)5-6)11-10(17(18)19)4-3-9(15)12(11)16/h1-5H. The van der Waals surface area contributed by atoms with Crippen LogP contribution in [-0.4, -0.2) is 4.92 Å². The maximum Gasteiger partial charge on any atom is 0.280 e. The van der Waals surface area contributed by atoms with Crippen molar-refractivity contribution in [3.8, 4) is 11.1 Å². The Morgan fingerprint density at radius 1 is 1.11 bits per heavy atom. The Labute approximate surface area is 116 Å². The van der Waals surface area contributed by atoms with Crippen LogP contribution in [0.3, 0.4) is 0 Å². The number of nitro groups is 1. The Morgan fingerprint density at radius 3 is 2.37 bits per heavy atom. The highest BCUT2D eigenvalue weighted by Gasteiger charge is 2.24. The molecular weight excluding hydrogens is 299 g/mol. The van der Waals surface area contributed by atoms with Crippen LogP contribution in [0.1, 0.15) is 0 Å². The molecule has 7 heteroatoms. The van der Waals surface area contributed by atoms with Crippen LogP contribution < -0.4 is 0 Å². The predicted octanol–water partition coefficient (Wildman–Crippen LogP) is 4.85. The lowest BCUT2D eigenvalue weighted by Gasteiger charge is -2.07. The molecule has 2 aromatic rings. The molecule has 0 aliphatic rings. The SMILES string of the molecule is O=[N+]([O-])c1ccc(F)c(F)c1-c1ccc(Cl)cc1Cl. The lowest BCUT2D eigenvalue weighted by molar-refractivity contribution is -0.384. The fourth-order valence-electron chi connectivity index (χ4n) is 1.64. The first-order valence-electron chi connectivity index (χ1n) is 4.99. The number of rotatable bonds is 2. The summed E-state index contributed by atoms with van der Waals surface area (Å²) in [7, 11) is 0. The van der Waals surface area contributed by atoms with Gasteiger partial charge >= 0.3 is 0 Å². The van der Waals surface area contributed by atoms with Crippen LogP contribution in [-0.2, 0) is 0 Å². The fraction of sp³-hybridized carbons (Fsp3) is 0. The van der Waals surface area contributed by atoms with Crippen LogP contribution in [0, 0.1) is 21.7 Å². The molecule has 0 atom stereocenters. The van der Waals surface area contributed by atoms with E-state index in [1.807, 2.05) is 0 Å². The van der Waals surface area contributed by atoms with Crippen molar-refractivity contribution in [2.75, 3.05) is 0 Å². The van der Waals surface area contributed by atoms with Crippen LogP contribution in [0.15, 0.2) is 30.3 Å². The van der Waals surface area contributed by atoms with Crippen LogP contribution in [0.5, 0.6) is 0 Å². The number of nitro benzene ring substituents is 1. The summed E-state index contributed by atoms with van der Waals surface area (Å²) in [6, 6.07) is 5.57. The summed E-state index contributed by atoms with van der Waals surface area (Å²) in [5.74, 6) is -2.51. The number of hydrogen-bond donors (Lipinski definition) is 0. The molecule has 0 N–H and O–H groups in total. The molecular formula is C12H5Cl2F2NO2. The van der Waals surface area contributed by atoms with E-state index in [0.717, 1.165) is 6.07 Å². The molecule has 0 bridgehead atoms. The second-order valence-corrected chi connectivity index (χ2v) is 4.48. The molecule has 19 heavy (non-hydrogen) atoms. The van der Waals surface area contributed by atoms with Gasteiger partial charge in [-0.3, -0.25) is 10.1 Å². The van der Waals surface area contributed by atoms with Crippen LogP contribution in [0.2, 0.25) is 10.0 Å². The Bertz CT molecular complexity index is 677. The molecule has 98 valence electrons. The summed E-state index contributed by atoms with van der Waals surface area (Å²) in [5.41, 5.74) is -1.05. The molecule has 0 radical (unpaired) electrons. The summed E-state index contributed by atoms with van der Waals surface area (Å²) in [4.78, 5) is 10.1. The van der Waals surface area contributed by atoms with E-state index in [9.17, 15) is 18.9 Å². The summed E-state index contributed by atoms with van der Waals surface area (Å²) >= 11 is 11.6. The van der Waals surface area contributed by atoms with Gasteiger partial charge in [-0.1, -0.05) is 29.3 Å². The third-order valence-corrected chi connectivity index (χ3v) is 3.02. The Kier molecular flexibility index (Phi) is 3.68. The molecule has 0 aromatic heterocycles. The monoisotopic (exact) mass is 303 g/mol. The Balaban J connectivity index is 2.80. The summed E-state index contributed by atoms with van der Waals surface area (Å²) in [5, 5.41) is 11.2. The number of nitrogens with zero attached hydrogens (tertiary/aromatic N) is 1. The fourth-order valence-corrected chi connectivity index (χ4v) is 2.14. The van der Waals surface area contributed by atoms with Gasteiger partial charge in [0.1, 0.15) is 0 Å². The zero-order valence-electron chi connectivity index (χ0n) is 9.16. The summed E-state index contributed by atoms with van der Waals surface area (Å²) < 4.78 is 27.1. The minimum atomic E-state index is -1.32. The molecule has 0 saturated heterocycles. The minimum absolute atomic E-state index is 0.0000926. The quantitative estimate of drug-likeness (QED) is 0.588. The zero-order valence-corrected chi connectivity index (χ0v) is 10.7. The average Bonchev–Trinajstić information content (AvgIpc) is 2.33. The molecule has 0 fully saturated rings. The van der Waals surface area contributed by atoms with Crippen LogP contribution >= 0.6 is 23.2 Å². The molecule has 3 nitrogen and oxygen atoms in total. The van der Waals surface area contributed by atoms with E-state index in [1.165, 1.54) is 18.2 Å². The average molecular weight is 304 g/mol. The van der Waals surface area contributed by atoms with Gasteiger partial charge in [0.25, 0.3) is 5.69 Å². The Hall–Kier alpha value is -1.72. The third kappa shape index (κ3) is 2.52. The molecule has 0 aliphatic carbocycles. The first-order valence-corrected chi connectivity index (χ1v) is 5.75. The second kappa shape index (κ2) is 5.11. The molecule has 0 amide bonds. The van der Waals surface area contributed by atoms with Crippen molar-refractivity contribution < 1.29 is 13.7 Å². The van der Waals surface area contributed by atoms with Crippen molar-refractivity contribution in [2.24, 2.45) is 0 Å². The van der Waals surface area contributed by atoms with E-state index >= 15 is 0 Å². The van der Waals surface area contributed by atoms with Gasteiger partial charge in [-0.15, -0.1) is 0 Å². The smallest absolute Gasteiger partial charge is 0.258 e. The lowest BCUT2D eigenvalue weighted by atomic mass is 10.0. The first-order chi connectivity index (χ1) is 8.91. The van der Waals surface area contributed by atoms with Gasteiger partial charge in [0.05, 0.1) is 15.5 Å². The van der Waals surface area contributed by atoms with E-state index < -0.39 is 27.8 Å². The number of benzene rings is 2. The van der Waals surface area contributed by atoms with Gasteiger partial charge in [0, 0.05) is 16.7 Å². The normalized spacial score (nSPS) is 10.5. The van der Waals surface area contributed by atoms with Gasteiger partial charge in [-0.05, 0) is 18.2 Å². The molecule has 0 heterocycles. The molecule has 0 aliphatic heterocycles. The molecule has 0 unspecified atom stereocenters. The van der Waals surface area contributed by atoms with Gasteiger partial charge in [-0.2, -0.15) is 0 Å². The highest BCUT2D eigenvalue weighted by molar-refractivity contribution is 6.36. The second-order valence-electron chi connectivity index (χ2n) is 3.64. The molecule has 0 spiro atoms. The number of hydrogen-bond acceptors (Lipinski definition) is 2. The highest BCUT2D eigenvalue weighted by Crippen LogP contribution is 2.38. The van der Waals surface area contributed by atoms with Crippen molar-refractivity contribution in [1.29, 1.82) is 0 Å². The van der Waals surface area contributed by atoms with E-state index in [-0.39, 0.29) is 15.6 Å². The van der Waals surface area contributed by atoms with E-state index in [2.05, 4.69) is 0 Å². The van der Waals surface area contributed by atoms with Crippen molar-refractivity contribution >= 4 is 28.9 Å². The van der Waals surface area contributed by atoms with E-state index in [1.54, 1.807) is 0 Å². The van der Waals surface area contributed by atoms with Crippen molar-refractivity contribution in [3.05, 3.63) is 62.1 Å². The molecule has 0 saturated carbocycles. The maximum absolute atomic E-state index is 13.8. The van der Waals surface area contributed by atoms with Gasteiger partial charge in [-0.25, -0.2) is 8.78 Å². The van der Waals surface area contributed by atoms with Crippen molar-refractivity contribution in [1.82, 2.24) is 0 Å². The lowest BCUT2D eigenvalue weighted by Crippen LogP contribution is -1.98. The Morgan fingerprint density at radius 2 is 1.79 bits per heavy atom. The van der Waals surface area contributed by atoms with Crippen molar-refractivity contribution in [3.63, 3.8) is 0 Å². The van der Waals surface area contributed by atoms with E-state index in [0.29, 0.717) is 6.07 Å². The maximum atomic E-state index is 13.8. The van der Waals surface area contributed by atoms with Gasteiger partial charge in [0.15, 0.2) is 11.6 Å². The van der Waals surface area contributed by atoms with Crippen molar-refractivity contribution in [2.45, 2.75) is 0 Å². The highest BCUT2D eigenvalue weighted by atomic mass is 35.5. The number of halogens is 4. The molecule has 2 rings (SSSR count). The largest absolute Gasteiger partial charge is 0.280 e. The topological polar surface area (TPSA) is 43.1 Å². The summed E-state index contributed by atoms with van der Waals surface area (Å²) in [6.07, 6.45) is 0. The zero-order chi connectivity index (χ0) is 14.2. The van der Waals surface area contributed by atoms with Gasteiger partial charge in [0.2, 0.25) is 0 Å². The van der Waals surface area contributed by atoms with Crippen LogP contribution in [0.25, 0.3) is 11.1 Å². The minimum Gasteiger partial charge on any atom is -0.258 e. The predicted molar refractivity (Wildman–Crippen MR) is 68.5 cm³/mol. The third-order valence-electron chi connectivity index (χ3n) is 2.47. The van der Waals surface area contributed by atoms with Crippen LogP contribution in [0.4, 0.5) is 14.5 Å². The van der Waals surface area contributed by atoms with Gasteiger partial charge < -0.3 is 0 Å².